The SMILES string of the molecule is C[C@@H]1C[C@H]2CCCC21C. The number of fused-ring (bicyclic) bond motifs is 1. The standard InChI is InChI=1S/C9H16/c1-7-6-8-4-3-5-9(7,8)2/h7-8H,3-6H2,1-2H3/t7-,8-,9?/m1/s1. The Morgan fingerprint density at radius 2 is 2.22 bits per heavy atom. The summed E-state index contributed by atoms with van der Waals surface area (Å²) in [5, 5.41) is 0. The second-order valence-corrected chi connectivity index (χ2v) is 4.23. The third-order valence-electron chi connectivity index (χ3n) is 3.96. The molecule has 0 heteroatoms. The van der Waals surface area contributed by atoms with Crippen LogP contribution in [0.5, 0.6) is 0 Å². The molecule has 2 fully saturated rings. The summed E-state index contributed by atoms with van der Waals surface area (Å²) in [4.78, 5) is 0. The minimum atomic E-state index is 0.792. The molecule has 0 bridgehead atoms. The van der Waals surface area contributed by atoms with E-state index in [0.29, 0.717) is 0 Å². The molecule has 0 spiro atoms. The van der Waals surface area contributed by atoms with Gasteiger partial charge in [0.1, 0.15) is 0 Å². The van der Waals surface area contributed by atoms with E-state index in [1.54, 1.807) is 0 Å². The molecule has 0 aliphatic heterocycles. The fourth-order valence-corrected chi connectivity index (χ4v) is 2.83. The zero-order valence-corrected chi connectivity index (χ0v) is 6.48. The van der Waals surface area contributed by atoms with Gasteiger partial charge in [-0.2, -0.15) is 0 Å². The molecule has 9 heavy (non-hydrogen) atoms. The van der Waals surface area contributed by atoms with Gasteiger partial charge in [-0.05, 0) is 36.5 Å². The van der Waals surface area contributed by atoms with Crippen LogP contribution in [0.25, 0.3) is 0 Å². The first-order valence-corrected chi connectivity index (χ1v) is 4.23. The van der Waals surface area contributed by atoms with Crippen molar-refractivity contribution >= 4 is 0 Å². The van der Waals surface area contributed by atoms with Crippen LogP contribution in [0.1, 0.15) is 39.5 Å². The minimum absolute atomic E-state index is 0.792. The average molecular weight is 124 g/mol. The summed E-state index contributed by atoms with van der Waals surface area (Å²) in [6.45, 7) is 4.90. The first-order chi connectivity index (χ1) is 4.23. The average Bonchev–Trinajstić information content (AvgIpc) is 2.11. The lowest BCUT2D eigenvalue weighted by Gasteiger charge is -2.49. The summed E-state index contributed by atoms with van der Waals surface area (Å²) in [6, 6.07) is 0. The first-order valence-electron chi connectivity index (χ1n) is 4.23. The Bertz CT molecular complexity index is 128. The third kappa shape index (κ3) is 0.544. The van der Waals surface area contributed by atoms with Gasteiger partial charge < -0.3 is 0 Å². The van der Waals surface area contributed by atoms with Crippen LogP contribution in [-0.4, -0.2) is 0 Å². The zero-order valence-electron chi connectivity index (χ0n) is 6.48. The van der Waals surface area contributed by atoms with Crippen molar-refractivity contribution in [3.63, 3.8) is 0 Å². The van der Waals surface area contributed by atoms with Gasteiger partial charge in [-0.15, -0.1) is 0 Å². The van der Waals surface area contributed by atoms with Crippen molar-refractivity contribution in [2.45, 2.75) is 39.5 Å². The fraction of sp³-hybridized carbons (Fsp3) is 1.00. The van der Waals surface area contributed by atoms with E-state index < -0.39 is 0 Å². The maximum absolute atomic E-state index is 2.48. The quantitative estimate of drug-likeness (QED) is 0.466. The van der Waals surface area contributed by atoms with E-state index in [4.69, 9.17) is 0 Å². The van der Waals surface area contributed by atoms with Gasteiger partial charge in [-0.3, -0.25) is 0 Å². The van der Waals surface area contributed by atoms with Crippen LogP contribution in [-0.2, 0) is 0 Å². The van der Waals surface area contributed by atoms with E-state index in [1.807, 2.05) is 0 Å². The highest BCUT2D eigenvalue weighted by molar-refractivity contribution is 5.00. The van der Waals surface area contributed by atoms with Crippen LogP contribution in [0.4, 0.5) is 0 Å². The predicted octanol–water partition coefficient (Wildman–Crippen LogP) is 2.83. The van der Waals surface area contributed by atoms with Crippen LogP contribution in [0.2, 0.25) is 0 Å². The van der Waals surface area contributed by atoms with Crippen LogP contribution in [0, 0.1) is 17.3 Å². The summed E-state index contributed by atoms with van der Waals surface area (Å²) in [7, 11) is 0. The monoisotopic (exact) mass is 124 g/mol. The fourth-order valence-electron chi connectivity index (χ4n) is 2.83. The van der Waals surface area contributed by atoms with Crippen molar-refractivity contribution in [3.8, 4) is 0 Å². The van der Waals surface area contributed by atoms with Crippen LogP contribution >= 0.6 is 0 Å². The molecule has 2 aliphatic rings. The van der Waals surface area contributed by atoms with E-state index in [-0.39, 0.29) is 0 Å². The van der Waals surface area contributed by atoms with Gasteiger partial charge >= 0.3 is 0 Å². The maximum atomic E-state index is 2.48. The predicted molar refractivity (Wildman–Crippen MR) is 39.2 cm³/mol. The highest BCUT2D eigenvalue weighted by atomic mass is 14.6. The van der Waals surface area contributed by atoms with Gasteiger partial charge in [-0.25, -0.2) is 0 Å². The largest absolute Gasteiger partial charge is 0.0620 e. The highest BCUT2D eigenvalue weighted by Gasteiger charge is 2.51. The van der Waals surface area contributed by atoms with Crippen LogP contribution in [0.15, 0.2) is 0 Å². The maximum Gasteiger partial charge on any atom is -0.0272 e. The van der Waals surface area contributed by atoms with Gasteiger partial charge in [0.25, 0.3) is 0 Å². The molecule has 0 amide bonds. The molecule has 2 aliphatic carbocycles. The third-order valence-corrected chi connectivity index (χ3v) is 3.96. The molecular formula is C9H16. The Kier molecular flexibility index (Phi) is 0.980. The Hall–Kier alpha value is 0. The Labute approximate surface area is 57.6 Å². The molecule has 0 radical (unpaired) electrons. The summed E-state index contributed by atoms with van der Waals surface area (Å²) >= 11 is 0. The molecule has 0 N–H and O–H groups in total. The number of hydrogen-bond acceptors (Lipinski definition) is 0. The smallest absolute Gasteiger partial charge is 0.0272 e. The van der Waals surface area contributed by atoms with Gasteiger partial charge in [0.15, 0.2) is 0 Å². The van der Waals surface area contributed by atoms with Crippen LogP contribution in [0.3, 0.4) is 0 Å². The second kappa shape index (κ2) is 1.53. The van der Waals surface area contributed by atoms with Crippen molar-refractivity contribution in [2.24, 2.45) is 17.3 Å². The molecule has 0 saturated heterocycles. The Morgan fingerprint density at radius 1 is 1.44 bits per heavy atom. The van der Waals surface area contributed by atoms with E-state index in [0.717, 1.165) is 17.3 Å². The van der Waals surface area contributed by atoms with Gasteiger partial charge in [0, 0.05) is 0 Å². The van der Waals surface area contributed by atoms with Crippen molar-refractivity contribution < 1.29 is 0 Å². The molecule has 0 aromatic carbocycles. The molecule has 2 saturated carbocycles. The lowest BCUT2D eigenvalue weighted by molar-refractivity contribution is 0.00460. The summed E-state index contributed by atoms with van der Waals surface area (Å²) in [5.41, 5.74) is 0.792. The van der Waals surface area contributed by atoms with Crippen molar-refractivity contribution in [1.29, 1.82) is 0 Å². The van der Waals surface area contributed by atoms with Gasteiger partial charge in [-0.1, -0.05) is 20.3 Å². The lowest BCUT2D eigenvalue weighted by Crippen LogP contribution is -2.41. The van der Waals surface area contributed by atoms with Crippen molar-refractivity contribution in [3.05, 3.63) is 0 Å². The summed E-state index contributed by atoms with van der Waals surface area (Å²) in [6.07, 6.45) is 6.07. The van der Waals surface area contributed by atoms with E-state index in [9.17, 15) is 0 Å². The molecular weight excluding hydrogens is 108 g/mol. The number of rotatable bonds is 0. The Morgan fingerprint density at radius 3 is 2.67 bits per heavy atom. The molecule has 0 nitrogen and oxygen atoms in total. The second-order valence-electron chi connectivity index (χ2n) is 4.23. The van der Waals surface area contributed by atoms with E-state index in [2.05, 4.69) is 13.8 Å². The van der Waals surface area contributed by atoms with E-state index in [1.165, 1.54) is 25.7 Å². The summed E-state index contributed by atoms with van der Waals surface area (Å²) in [5.74, 6) is 2.15. The molecule has 2 rings (SSSR count). The van der Waals surface area contributed by atoms with Gasteiger partial charge in [0.2, 0.25) is 0 Å². The van der Waals surface area contributed by atoms with Crippen LogP contribution < -0.4 is 0 Å². The normalized spacial score (nSPS) is 56.7. The molecule has 3 atom stereocenters. The lowest BCUT2D eigenvalue weighted by atomic mass is 9.56. The highest BCUT2D eigenvalue weighted by Crippen LogP contribution is 2.60. The first kappa shape index (κ1) is 5.76. The minimum Gasteiger partial charge on any atom is -0.0620 e. The topological polar surface area (TPSA) is 0 Å². The van der Waals surface area contributed by atoms with Crippen molar-refractivity contribution in [2.75, 3.05) is 0 Å². The zero-order chi connectivity index (χ0) is 6.48. The molecule has 0 aromatic heterocycles. The molecule has 0 aromatic rings. The van der Waals surface area contributed by atoms with E-state index >= 15 is 0 Å². The van der Waals surface area contributed by atoms with Crippen molar-refractivity contribution in [1.82, 2.24) is 0 Å². The molecule has 52 valence electrons. The van der Waals surface area contributed by atoms with Gasteiger partial charge in [0.05, 0.1) is 0 Å². The summed E-state index contributed by atoms with van der Waals surface area (Å²) < 4.78 is 0. The number of hydrogen-bond donors (Lipinski definition) is 0. The molecule has 0 heterocycles. The molecule has 1 unspecified atom stereocenters. The Balaban J connectivity index is 2.16.